The Balaban J connectivity index is 1.83. The molecule has 200 valence electrons. The molecule has 1 aliphatic rings. The highest BCUT2D eigenvalue weighted by atomic mass is 16.2. The summed E-state index contributed by atoms with van der Waals surface area (Å²) < 4.78 is 2.11. The molecule has 2 heterocycles. The number of carbonyl (C=O) groups is 1. The minimum atomic E-state index is 0.294. The van der Waals surface area contributed by atoms with E-state index in [0.717, 1.165) is 69.2 Å². The summed E-state index contributed by atoms with van der Waals surface area (Å²) >= 11 is 0. The van der Waals surface area contributed by atoms with Gasteiger partial charge in [0, 0.05) is 44.7 Å². The Morgan fingerprint density at radius 3 is 2.33 bits per heavy atom. The number of aromatic nitrogens is 2. The van der Waals surface area contributed by atoms with Crippen molar-refractivity contribution in [3.63, 3.8) is 0 Å². The second kappa shape index (κ2) is 14.4. The van der Waals surface area contributed by atoms with Crippen LogP contribution >= 0.6 is 0 Å². The second-order valence-electron chi connectivity index (χ2n) is 10.9. The van der Waals surface area contributed by atoms with Crippen LogP contribution in [-0.4, -0.2) is 65.3 Å². The second-order valence-corrected chi connectivity index (χ2v) is 10.9. The molecule has 2 aromatic rings. The van der Waals surface area contributed by atoms with Gasteiger partial charge in [-0.3, -0.25) is 4.79 Å². The molecule has 1 aliphatic heterocycles. The van der Waals surface area contributed by atoms with Crippen molar-refractivity contribution >= 4 is 11.7 Å². The zero-order valence-electron chi connectivity index (χ0n) is 23.5. The van der Waals surface area contributed by atoms with Crippen molar-refractivity contribution in [1.82, 2.24) is 19.6 Å². The normalized spacial score (nSPS) is 14.6. The van der Waals surface area contributed by atoms with Crippen molar-refractivity contribution in [3.05, 3.63) is 41.6 Å². The maximum Gasteiger partial charge on any atom is 0.222 e. The molecule has 1 aromatic carbocycles. The average molecular weight is 496 g/mol. The number of anilines is 1. The van der Waals surface area contributed by atoms with Gasteiger partial charge in [0.15, 0.2) is 0 Å². The van der Waals surface area contributed by atoms with Gasteiger partial charge in [0.05, 0.1) is 17.9 Å². The van der Waals surface area contributed by atoms with Crippen molar-refractivity contribution < 1.29 is 4.79 Å². The molecule has 0 N–H and O–H groups in total. The Bertz CT molecular complexity index is 915. The fourth-order valence-corrected chi connectivity index (χ4v) is 4.94. The Morgan fingerprint density at radius 2 is 1.67 bits per heavy atom. The number of amides is 1. The first kappa shape index (κ1) is 28.2. The fourth-order valence-electron chi connectivity index (χ4n) is 4.94. The summed E-state index contributed by atoms with van der Waals surface area (Å²) in [7, 11) is 2.19. The average Bonchev–Trinajstić information content (AvgIpc) is 3.20. The number of hydrogen-bond donors (Lipinski definition) is 0. The third-order valence-corrected chi connectivity index (χ3v) is 7.38. The van der Waals surface area contributed by atoms with E-state index < -0.39 is 0 Å². The lowest BCUT2D eigenvalue weighted by atomic mass is 10.1. The number of nitrogens with zero attached hydrogens (tertiary/aromatic N) is 5. The van der Waals surface area contributed by atoms with E-state index in [2.05, 4.69) is 78.4 Å². The van der Waals surface area contributed by atoms with E-state index in [9.17, 15) is 4.79 Å². The minimum Gasteiger partial charge on any atom is -0.354 e. The number of aryl methyl sites for hydroxylation is 1. The summed E-state index contributed by atoms with van der Waals surface area (Å²) in [5.74, 6) is 2.02. The first-order chi connectivity index (χ1) is 17.4. The first-order valence-corrected chi connectivity index (χ1v) is 14.3. The van der Waals surface area contributed by atoms with Crippen LogP contribution in [0.5, 0.6) is 0 Å². The van der Waals surface area contributed by atoms with E-state index in [1.165, 1.54) is 31.2 Å². The van der Waals surface area contributed by atoms with E-state index in [-0.39, 0.29) is 0 Å². The number of benzene rings is 1. The minimum absolute atomic E-state index is 0.294. The van der Waals surface area contributed by atoms with E-state index in [1.54, 1.807) is 0 Å². The molecule has 0 atom stereocenters. The molecule has 0 aliphatic carbocycles. The molecule has 0 radical (unpaired) electrons. The van der Waals surface area contributed by atoms with Crippen LogP contribution in [0.1, 0.15) is 83.4 Å². The topological polar surface area (TPSA) is 44.6 Å². The van der Waals surface area contributed by atoms with Crippen LogP contribution in [0.4, 0.5) is 5.82 Å². The lowest BCUT2D eigenvalue weighted by molar-refractivity contribution is -0.132. The molecular formula is C30H49N5O. The highest BCUT2D eigenvalue weighted by Crippen LogP contribution is 2.30. The Kier molecular flexibility index (Phi) is 11.3. The number of unbranched alkanes of at least 4 members (excludes halogenated alkanes) is 5. The predicted molar refractivity (Wildman–Crippen MR) is 151 cm³/mol. The molecule has 1 aromatic heterocycles. The van der Waals surface area contributed by atoms with Crippen LogP contribution in [-0.2, 0) is 11.3 Å². The number of carbonyl (C=O) groups excluding carboxylic acids is 1. The van der Waals surface area contributed by atoms with Gasteiger partial charge in [-0.25, -0.2) is 4.68 Å². The summed E-state index contributed by atoms with van der Waals surface area (Å²) in [4.78, 5) is 20.4. The molecule has 0 spiro atoms. The molecule has 0 bridgehead atoms. The summed E-state index contributed by atoms with van der Waals surface area (Å²) in [5.41, 5.74) is 3.30. The zero-order valence-corrected chi connectivity index (χ0v) is 23.5. The monoisotopic (exact) mass is 495 g/mol. The Hall–Kier alpha value is -2.34. The molecule has 1 amide bonds. The standard InChI is InChI=1S/C30H49N5O/c1-6-7-8-9-10-14-17-29(36)34(19-18-25(2)3)24-28-26(4)31-35(27-15-12-11-13-16-27)30(28)33-22-20-32(5)21-23-33/h11-13,15-16,25H,6-10,14,17-24H2,1-5H3. The number of para-hydroxylation sites is 1. The number of piperazine rings is 1. The van der Waals surface area contributed by atoms with Gasteiger partial charge in [-0.1, -0.05) is 71.1 Å². The van der Waals surface area contributed by atoms with Gasteiger partial charge >= 0.3 is 0 Å². The summed E-state index contributed by atoms with van der Waals surface area (Å²) in [6.45, 7) is 14.3. The van der Waals surface area contributed by atoms with Crippen molar-refractivity contribution in [3.8, 4) is 5.69 Å². The molecule has 3 rings (SSSR count). The SMILES string of the molecule is CCCCCCCCC(=O)N(CCC(C)C)Cc1c(C)nn(-c2ccccc2)c1N1CCN(C)CC1. The van der Waals surface area contributed by atoms with Crippen LogP contribution in [0.2, 0.25) is 0 Å². The molecule has 1 fully saturated rings. The van der Waals surface area contributed by atoms with E-state index in [0.29, 0.717) is 24.8 Å². The smallest absolute Gasteiger partial charge is 0.222 e. The number of rotatable bonds is 14. The van der Waals surface area contributed by atoms with Crippen molar-refractivity contribution in [1.29, 1.82) is 0 Å². The molecule has 6 heteroatoms. The van der Waals surface area contributed by atoms with Crippen molar-refractivity contribution in [2.24, 2.45) is 5.92 Å². The Morgan fingerprint density at radius 1 is 1.00 bits per heavy atom. The van der Waals surface area contributed by atoms with Gasteiger partial charge in [0.25, 0.3) is 0 Å². The number of hydrogen-bond acceptors (Lipinski definition) is 4. The van der Waals surface area contributed by atoms with Gasteiger partial charge in [-0.05, 0) is 44.9 Å². The molecule has 6 nitrogen and oxygen atoms in total. The van der Waals surface area contributed by atoms with Crippen LogP contribution in [0.3, 0.4) is 0 Å². The van der Waals surface area contributed by atoms with Gasteiger partial charge in [-0.2, -0.15) is 5.10 Å². The maximum absolute atomic E-state index is 13.4. The molecule has 0 unspecified atom stereocenters. The lowest BCUT2D eigenvalue weighted by Crippen LogP contribution is -2.45. The molecular weight excluding hydrogens is 446 g/mol. The van der Waals surface area contributed by atoms with Crippen LogP contribution in [0.15, 0.2) is 30.3 Å². The van der Waals surface area contributed by atoms with Crippen LogP contribution in [0, 0.1) is 12.8 Å². The van der Waals surface area contributed by atoms with Crippen LogP contribution < -0.4 is 4.90 Å². The van der Waals surface area contributed by atoms with E-state index >= 15 is 0 Å². The van der Waals surface area contributed by atoms with E-state index in [1.807, 2.05) is 6.07 Å². The fraction of sp³-hybridized carbons (Fsp3) is 0.667. The lowest BCUT2D eigenvalue weighted by Gasteiger charge is -2.35. The third-order valence-electron chi connectivity index (χ3n) is 7.38. The number of likely N-dealkylation sites (N-methyl/N-ethyl adjacent to an activating group) is 1. The third kappa shape index (κ3) is 8.09. The van der Waals surface area contributed by atoms with Gasteiger partial charge in [-0.15, -0.1) is 0 Å². The summed E-state index contributed by atoms with van der Waals surface area (Å²) in [6.07, 6.45) is 8.91. The highest BCUT2D eigenvalue weighted by molar-refractivity contribution is 5.76. The predicted octanol–water partition coefficient (Wildman–Crippen LogP) is 6.06. The quantitative estimate of drug-likeness (QED) is 0.299. The Labute approximate surface area is 219 Å². The molecule has 1 saturated heterocycles. The van der Waals surface area contributed by atoms with E-state index in [4.69, 9.17) is 5.10 Å². The van der Waals surface area contributed by atoms with Gasteiger partial charge in [0.2, 0.25) is 5.91 Å². The molecule has 0 saturated carbocycles. The van der Waals surface area contributed by atoms with Gasteiger partial charge < -0.3 is 14.7 Å². The van der Waals surface area contributed by atoms with Crippen molar-refractivity contribution in [2.45, 2.75) is 85.6 Å². The zero-order chi connectivity index (χ0) is 25.9. The highest BCUT2D eigenvalue weighted by Gasteiger charge is 2.27. The van der Waals surface area contributed by atoms with Crippen molar-refractivity contribution in [2.75, 3.05) is 44.7 Å². The maximum atomic E-state index is 13.4. The largest absolute Gasteiger partial charge is 0.354 e. The van der Waals surface area contributed by atoms with Gasteiger partial charge in [0.1, 0.15) is 5.82 Å². The first-order valence-electron chi connectivity index (χ1n) is 14.3. The summed E-state index contributed by atoms with van der Waals surface area (Å²) in [6, 6.07) is 10.4. The molecule has 36 heavy (non-hydrogen) atoms. The summed E-state index contributed by atoms with van der Waals surface area (Å²) in [5, 5.41) is 5.01. The van der Waals surface area contributed by atoms with Crippen LogP contribution in [0.25, 0.3) is 5.69 Å².